The van der Waals surface area contributed by atoms with E-state index in [2.05, 4.69) is 21.3 Å². The van der Waals surface area contributed by atoms with Crippen LogP contribution in [0.2, 0.25) is 0 Å². The fourth-order valence-corrected chi connectivity index (χ4v) is 4.40. The number of fused-ring (bicyclic) bond motifs is 1. The summed E-state index contributed by atoms with van der Waals surface area (Å²) in [6.45, 7) is 4.29. The molecular weight excluding hydrogens is 328 g/mol. The summed E-state index contributed by atoms with van der Waals surface area (Å²) in [6, 6.07) is 7.83. The van der Waals surface area contributed by atoms with Crippen LogP contribution in [-0.2, 0) is 9.53 Å². The number of carbonyl (C=O) groups is 1. The molecule has 4 rings (SSSR count). The predicted octanol–water partition coefficient (Wildman–Crippen LogP) is 2.10. The summed E-state index contributed by atoms with van der Waals surface area (Å²) in [5, 5.41) is 12.2. The summed E-state index contributed by atoms with van der Waals surface area (Å²) in [6.07, 6.45) is 4.60. The van der Waals surface area contributed by atoms with Gasteiger partial charge >= 0.3 is 0 Å². The number of nitrogens with one attached hydrogen (secondary N) is 1. The molecule has 1 N–H and O–H groups in total. The number of hydrogen-bond donors (Lipinski definition) is 1. The highest BCUT2D eigenvalue weighted by Gasteiger charge is 2.43. The highest BCUT2D eigenvalue weighted by atomic mass is 16.5. The molecule has 26 heavy (non-hydrogen) atoms. The molecule has 0 radical (unpaired) electrons. The van der Waals surface area contributed by atoms with Crippen molar-refractivity contribution in [2.75, 3.05) is 24.6 Å². The summed E-state index contributed by atoms with van der Waals surface area (Å²) in [5.41, 5.74) is 0.458. The Balaban J connectivity index is 1.45. The maximum absolute atomic E-state index is 11.6. The third kappa shape index (κ3) is 3.83. The number of nitrogens with zero attached hydrogens (tertiary/aromatic N) is 3. The van der Waals surface area contributed by atoms with Crippen LogP contribution in [0.5, 0.6) is 0 Å². The first-order valence-corrected chi connectivity index (χ1v) is 9.63. The molecule has 1 aromatic heterocycles. The first-order valence-electron chi connectivity index (χ1n) is 9.63. The number of nitriles is 1. The Bertz CT molecular complexity index is 712. The number of carbonyl (C=O) groups excluding carboxylic acids is 1. The molecule has 2 heterocycles. The van der Waals surface area contributed by atoms with E-state index in [9.17, 15) is 4.79 Å². The van der Waals surface area contributed by atoms with E-state index in [1.54, 1.807) is 13.0 Å². The monoisotopic (exact) mass is 354 g/mol. The topological polar surface area (TPSA) is 78.3 Å². The van der Waals surface area contributed by atoms with Crippen molar-refractivity contribution >= 4 is 11.7 Å². The average Bonchev–Trinajstić information content (AvgIpc) is 3.37. The van der Waals surface area contributed by atoms with Gasteiger partial charge in [-0.05, 0) is 55.6 Å². The molecular formula is C20H26N4O2. The van der Waals surface area contributed by atoms with Crippen molar-refractivity contribution in [3.05, 3.63) is 23.9 Å². The molecule has 0 spiro atoms. The Morgan fingerprint density at radius 3 is 2.81 bits per heavy atom. The Morgan fingerprint density at radius 2 is 2.12 bits per heavy atom. The van der Waals surface area contributed by atoms with Gasteiger partial charge in [-0.15, -0.1) is 0 Å². The van der Waals surface area contributed by atoms with Gasteiger partial charge in [0.2, 0.25) is 5.91 Å². The molecule has 1 aliphatic heterocycles. The van der Waals surface area contributed by atoms with E-state index in [1.807, 2.05) is 12.1 Å². The van der Waals surface area contributed by atoms with Crippen molar-refractivity contribution < 1.29 is 9.53 Å². The lowest BCUT2D eigenvalue weighted by Gasteiger charge is -2.38. The zero-order chi connectivity index (χ0) is 18.1. The Morgan fingerprint density at radius 1 is 1.35 bits per heavy atom. The van der Waals surface area contributed by atoms with Gasteiger partial charge in [-0.25, -0.2) is 4.98 Å². The van der Waals surface area contributed by atoms with E-state index in [0.29, 0.717) is 17.5 Å². The van der Waals surface area contributed by atoms with E-state index in [1.165, 1.54) is 12.8 Å². The Labute approximate surface area is 154 Å². The lowest BCUT2D eigenvalue weighted by atomic mass is 9.77. The quantitative estimate of drug-likeness (QED) is 0.876. The second-order valence-electron chi connectivity index (χ2n) is 8.01. The lowest BCUT2D eigenvalue weighted by molar-refractivity contribution is -0.122. The van der Waals surface area contributed by atoms with E-state index < -0.39 is 0 Å². The lowest BCUT2D eigenvalue weighted by Crippen LogP contribution is -2.50. The van der Waals surface area contributed by atoms with E-state index >= 15 is 0 Å². The van der Waals surface area contributed by atoms with Crippen LogP contribution < -0.4 is 10.2 Å². The smallest absolute Gasteiger partial charge is 0.217 e. The maximum atomic E-state index is 11.6. The van der Waals surface area contributed by atoms with Gasteiger partial charge in [0, 0.05) is 26.6 Å². The number of amides is 1. The van der Waals surface area contributed by atoms with E-state index in [-0.39, 0.29) is 18.1 Å². The van der Waals surface area contributed by atoms with Crippen molar-refractivity contribution in [1.29, 1.82) is 5.26 Å². The van der Waals surface area contributed by atoms with Crippen LogP contribution in [0.25, 0.3) is 0 Å². The summed E-state index contributed by atoms with van der Waals surface area (Å²) in [5.74, 6) is 2.71. The summed E-state index contributed by atoms with van der Waals surface area (Å²) in [7, 11) is 0. The van der Waals surface area contributed by atoms with Gasteiger partial charge in [0.25, 0.3) is 0 Å². The van der Waals surface area contributed by atoms with Gasteiger partial charge in [0.1, 0.15) is 17.6 Å². The molecule has 4 atom stereocenters. The van der Waals surface area contributed by atoms with Crippen LogP contribution in [-0.4, -0.2) is 42.7 Å². The number of ether oxygens (including phenoxy) is 1. The number of pyridine rings is 1. The fourth-order valence-electron chi connectivity index (χ4n) is 4.40. The molecule has 1 amide bonds. The van der Waals surface area contributed by atoms with Gasteiger partial charge in [0.05, 0.1) is 12.1 Å². The van der Waals surface area contributed by atoms with Crippen LogP contribution >= 0.6 is 0 Å². The van der Waals surface area contributed by atoms with Crippen LogP contribution in [0.15, 0.2) is 18.2 Å². The minimum atomic E-state index is 0.0201. The Kier molecular flexibility index (Phi) is 4.82. The highest BCUT2D eigenvalue weighted by molar-refractivity contribution is 5.73. The third-order valence-corrected chi connectivity index (χ3v) is 5.92. The molecule has 0 aromatic carbocycles. The number of rotatable bonds is 5. The third-order valence-electron chi connectivity index (χ3n) is 5.92. The predicted molar refractivity (Wildman–Crippen MR) is 97.4 cm³/mol. The normalized spacial score (nSPS) is 30.5. The SMILES string of the molecule is CC(=O)N[C@@H]1C[C@@H]2CN(c3cccc(C#N)n3)C[C@@H]2C[C@H]1OCC1CC1. The van der Waals surface area contributed by atoms with Crippen molar-refractivity contribution in [1.82, 2.24) is 10.3 Å². The molecule has 6 nitrogen and oxygen atoms in total. The molecule has 138 valence electrons. The summed E-state index contributed by atoms with van der Waals surface area (Å²) < 4.78 is 6.21. The van der Waals surface area contributed by atoms with Crippen LogP contribution in [0.1, 0.15) is 38.3 Å². The Hall–Kier alpha value is -2.13. The van der Waals surface area contributed by atoms with Crippen molar-refractivity contribution in [3.8, 4) is 6.07 Å². The second kappa shape index (κ2) is 7.24. The van der Waals surface area contributed by atoms with Crippen LogP contribution in [0, 0.1) is 29.1 Å². The van der Waals surface area contributed by atoms with Crippen molar-refractivity contribution in [3.63, 3.8) is 0 Å². The molecule has 6 heteroatoms. The molecule has 3 aliphatic rings. The van der Waals surface area contributed by atoms with Gasteiger partial charge in [0.15, 0.2) is 0 Å². The molecule has 1 saturated heterocycles. The molecule has 2 saturated carbocycles. The van der Waals surface area contributed by atoms with E-state index in [0.717, 1.165) is 44.3 Å². The van der Waals surface area contributed by atoms with Gasteiger partial charge in [-0.1, -0.05) is 6.07 Å². The first-order chi connectivity index (χ1) is 12.6. The highest BCUT2D eigenvalue weighted by Crippen LogP contribution is 2.40. The minimum absolute atomic E-state index is 0.0201. The fraction of sp³-hybridized carbons (Fsp3) is 0.650. The number of anilines is 1. The minimum Gasteiger partial charge on any atom is -0.376 e. The van der Waals surface area contributed by atoms with Crippen molar-refractivity contribution in [2.24, 2.45) is 17.8 Å². The van der Waals surface area contributed by atoms with Crippen LogP contribution in [0.4, 0.5) is 5.82 Å². The zero-order valence-electron chi connectivity index (χ0n) is 15.2. The van der Waals surface area contributed by atoms with Crippen LogP contribution in [0.3, 0.4) is 0 Å². The van der Waals surface area contributed by atoms with Gasteiger partial charge in [-0.3, -0.25) is 4.79 Å². The second-order valence-corrected chi connectivity index (χ2v) is 8.01. The van der Waals surface area contributed by atoms with Gasteiger partial charge in [-0.2, -0.15) is 5.26 Å². The first kappa shape index (κ1) is 17.3. The standard InChI is InChI=1S/C20H26N4O2/c1-13(25)22-18-7-15-10-24(20-4-2-3-17(9-21)23-20)11-16(15)8-19(18)26-12-14-5-6-14/h2-4,14-16,18-19H,5-8,10-12H2,1H3,(H,22,25)/t15-,16+,18-,19-/m1/s1. The largest absolute Gasteiger partial charge is 0.376 e. The molecule has 2 aliphatic carbocycles. The number of hydrogen-bond acceptors (Lipinski definition) is 5. The summed E-state index contributed by atoms with van der Waals surface area (Å²) in [4.78, 5) is 18.4. The molecule has 0 bridgehead atoms. The number of aromatic nitrogens is 1. The van der Waals surface area contributed by atoms with Gasteiger partial charge < -0.3 is 15.0 Å². The average molecular weight is 354 g/mol. The van der Waals surface area contributed by atoms with Crippen molar-refractivity contribution in [2.45, 2.75) is 44.8 Å². The molecule has 1 aromatic rings. The zero-order valence-corrected chi connectivity index (χ0v) is 15.2. The molecule has 3 fully saturated rings. The van der Waals surface area contributed by atoms with E-state index in [4.69, 9.17) is 10.00 Å². The molecule has 0 unspecified atom stereocenters. The maximum Gasteiger partial charge on any atom is 0.217 e. The summed E-state index contributed by atoms with van der Waals surface area (Å²) >= 11 is 0.